The van der Waals surface area contributed by atoms with Gasteiger partial charge in [0.2, 0.25) is 5.90 Å². The number of benzene rings is 3. The molecular formula is C27H22ClNO6. The molecule has 1 aliphatic rings. The van der Waals surface area contributed by atoms with Crippen LogP contribution in [0.15, 0.2) is 71.4 Å². The van der Waals surface area contributed by atoms with E-state index in [0.717, 1.165) is 5.56 Å². The van der Waals surface area contributed by atoms with Gasteiger partial charge >= 0.3 is 11.9 Å². The zero-order valence-corrected chi connectivity index (χ0v) is 20.1. The van der Waals surface area contributed by atoms with Gasteiger partial charge in [0.05, 0.1) is 24.8 Å². The Labute approximate surface area is 207 Å². The molecule has 0 radical (unpaired) electrons. The lowest BCUT2D eigenvalue weighted by molar-refractivity contribution is -0.129. The van der Waals surface area contributed by atoms with E-state index in [9.17, 15) is 9.59 Å². The first-order chi connectivity index (χ1) is 16.9. The Morgan fingerprint density at radius 2 is 1.83 bits per heavy atom. The fourth-order valence-electron chi connectivity index (χ4n) is 3.45. The summed E-state index contributed by atoms with van der Waals surface area (Å²) in [5.74, 6) is 0.0873. The topological polar surface area (TPSA) is 83.4 Å². The molecule has 178 valence electrons. The molecule has 35 heavy (non-hydrogen) atoms. The second-order valence-corrected chi connectivity index (χ2v) is 7.96. The van der Waals surface area contributed by atoms with Gasteiger partial charge in [0.1, 0.15) is 5.75 Å². The number of esters is 2. The van der Waals surface area contributed by atoms with Crippen LogP contribution in [0.4, 0.5) is 0 Å². The Bertz CT molecular complexity index is 1360. The molecule has 0 amide bonds. The monoisotopic (exact) mass is 491 g/mol. The summed E-state index contributed by atoms with van der Waals surface area (Å²) < 4.78 is 21.9. The average Bonchev–Trinajstić information content (AvgIpc) is 3.21. The van der Waals surface area contributed by atoms with E-state index >= 15 is 0 Å². The van der Waals surface area contributed by atoms with Gasteiger partial charge < -0.3 is 18.9 Å². The van der Waals surface area contributed by atoms with E-state index in [2.05, 4.69) is 4.99 Å². The molecular weight excluding hydrogens is 470 g/mol. The summed E-state index contributed by atoms with van der Waals surface area (Å²) >= 11 is 6.08. The Kier molecular flexibility index (Phi) is 7.17. The van der Waals surface area contributed by atoms with Crippen molar-refractivity contribution in [2.75, 3.05) is 13.7 Å². The largest absolute Gasteiger partial charge is 0.496 e. The molecule has 3 aromatic carbocycles. The molecule has 0 unspecified atom stereocenters. The molecule has 1 heterocycles. The van der Waals surface area contributed by atoms with Gasteiger partial charge in [-0.3, -0.25) is 0 Å². The molecule has 0 spiro atoms. The predicted octanol–water partition coefficient (Wildman–Crippen LogP) is 5.62. The second-order valence-electron chi connectivity index (χ2n) is 7.52. The number of carbonyl (C=O) groups excluding carboxylic acids is 2. The van der Waals surface area contributed by atoms with Crippen molar-refractivity contribution in [3.8, 4) is 17.2 Å². The van der Waals surface area contributed by atoms with E-state index < -0.39 is 11.9 Å². The number of aryl methyl sites for hydroxylation is 1. The highest BCUT2D eigenvalue weighted by atomic mass is 35.5. The zero-order valence-electron chi connectivity index (χ0n) is 19.3. The van der Waals surface area contributed by atoms with Crippen LogP contribution in [0.2, 0.25) is 5.02 Å². The fourth-order valence-corrected chi connectivity index (χ4v) is 3.63. The summed E-state index contributed by atoms with van der Waals surface area (Å²) in [6.45, 7) is 4.01. The molecule has 3 aromatic rings. The quantitative estimate of drug-likeness (QED) is 0.242. The Morgan fingerprint density at radius 3 is 2.57 bits per heavy atom. The summed E-state index contributed by atoms with van der Waals surface area (Å²) in [6, 6.07) is 17.1. The number of hydrogen-bond donors (Lipinski definition) is 0. The van der Waals surface area contributed by atoms with Crippen molar-refractivity contribution in [1.82, 2.24) is 0 Å². The molecule has 0 saturated carbocycles. The van der Waals surface area contributed by atoms with Crippen LogP contribution in [-0.4, -0.2) is 31.6 Å². The fraction of sp³-hybridized carbons (Fsp3) is 0.148. The van der Waals surface area contributed by atoms with Crippen molar-refractivity contribution in [2.45, 2.75) is 13.8 Å². The highest BCUT2D eigenvalue weighted by Crippen LogP contribution is 2.32. The summed E-state index contributed by atoms with van der Waals surface area (Å²) in [4.78, 5) is 29.5. The van der Waals surface area contributed by atoms with Gasteiger partial charge in [0.25, 0.3) is 0 Å². The number of halogens is 1. The molecule has 7 nitrogen and oxygen atoms in total. The summed E-state index contributed by atoms with van der Waals surface area (Å²) in [5.41, 5.74) is 2.44. The van der Waals surface area contributed by atoms with E-state index in [1.54, 1.807) is 54.6 Å². The minimum Gasteiger partial charge on any atom is -0.496 e. The lowest BCUT2D eigenvalue weighted by atomic mass is 10.1. The van der Waals surface area contributed by atoms with Crippen molar-refractivity contribution in [2.24, 2.45) is 4.99 Å². The third-order valence-electron chi connectivity index (χ3n) is 5.15. The molecule has 0 fully saturated rings. The maximum Gasteiger partial charge on any atom is 0.363 e. The Balaban J connectivity index is 1.63. The van der Waals surface area contributed by atoms with E-state index in [-0.39, 0.29) is 17.3 Å². The van der Waals surface area contributed by atoms with Gasteiger partial charge in [-0.25, -0.2) is 14.6 Å². The molecule has 1 aliphatic heterocycles. The molecule has 0 saturated heterocycles. The summed E-state index contributed by atoms with van der Waals surface area (Å²) in [5, 5.41) is 0.453. The lowest BCUT2D eigenvalue weighted by Crippen LogP contribution is -2.11. The standard InChI is InChI=1S/C27H22ClNO6/c1-4-33-24-14-17(9-11-23(24)34-26(30)19-8-6-5-7-16(19)2)13-21-27(31)35-25(29-21)20-15-18(28)10-12-22(20)32-3/h5-15H,4H2,1-3H3/b21-13+. The van der Waals surface area contributed by atoms with Crippen molar-refractivity contribution in [1.29, 1.82) is 0 Å². The third kappa shape index (κ3) is 5.36. The van der Waals surface area contributed by atoms with Gasteiger partial charge in [0, 0.05) is 5.02 Å². The Hall–Kier alpha value is -4.10. The maximum absolute atomic E-state index is 12.7. The van der Waals surface area contributed by atoms with Gasteiger partial charge in [-0.05, 0) is 67.4 Å². The third-order valence-corrected chi connectivity index (χ3v) is 5.39. The molecule has 0 aliphatic carbocycles. The SMILES string of the molecule is CCOc1cc(/C=C2/N=C(c3cc(Cl)ccc3OC)OC2=O)ccc1OC(=O)c1ccccc1C. The molecule has 0 aromatic heterocycles. The predicted molar refractivity (Wildman–Crippen MR) is 132 cm³/mol. The number of methoxy groups -OCH3 is 1. The van der Waals surface area contributed by atoms with Crippen LogP contribution in [0.25, 0.3) is 6.08 Å². The first-order valence-electron chi connectivity index (χ1n) is 10.8. The van der Waals surface area contributed by atoms with Gasteiger partial charge in [-0.2, -0.15) is 0 Å². The molecule has 0 atom stereocenters. The second kappa shape index (κ2) is 10.4. The Morgan fingerprint density at radius 1 is 1.06 bits per heavy atom. The number of carbonyl (C=O) groups is 2. The van der Waals surface area contributed by atoms with Gasteiger partial charge in [0.15, 0.2) is 17.2 Å². The van der Waals surface area contributed by atoms with Crippen LogP contribution in [0.1, 0.15) is 34.0 Å². The number of rotatable bonds is 7. The average molecular weight is 492 g/mol. The van der Waals surface area contributed by atoms with E-state index in [1.165, 1.54) is 7.11 Å². The molecule has 0 bridgehead atoms. The molecule has 8 heteroatoms. The van der Waals surface area contributed by atoms with Crippen molar-refractivity contribution in [3.63, 3.8) is 0 Å². The zero-order chi connectivity index (χ0) is 24.9. The maximum atomic E-state index is 12.7. The van der Waals surface area contributed by atoms with E-state index in [1.807, 2.05) is 26.0 Å². The van der Waals surface area contributed by atoms with Crippen LogP contribution in [0.5, 0.6) is 17.2 Å². The van der Waals surface area contributed by atoms with Crippen molar-refractivity contribution in [3.05, 3.63) is 93.6 Å². The normalized spacial score (nSPS) is 13.9. The summed E-state index contributed by atoms with van der Waals surface area (Å²) in [6.07, 6.45) is 1.56. The first kappa shape index (κ1) is 24.0. The van der Waals surface area contributed by atoms with E-state index in [0.29, 0.717) is 39.8 Å². The highest BCUT2D eigenvalue weighted by Gasteiger charge is 2.27. The highest BCUT2D eigenvalue weighted by molar-refractivity contribution is 6.31. The number of hydrogen-bond acceptors (Lipinski definition) is 7. The van der Waals surface area contributed by atoms with Gasteiger partial charge in [-0.15, -0.1) is 0 Å². The van der Waals surface area contributed by atoms with Crippen LogP contribution in [0.3, 0.4) is 0 Å². The van der Waals surface area contributed by atoms with Crippen LogP contribution >= 0.6 is 11.6 Å². The number of cyclic esters (lactones) is 1. The number of aliphatic imine (C=N–C) groups is 1. The number of ether oxygens (including phenoxy) is 4. The first-order valence-corrected chi connectivity index (χ1v) is 11.2. The van der Waals surface area contributed by atoms with Crippen LogP contribution in [0, 0.1) is 6.92 Å². The lowest BCUT2D eigenvalue weighted by Gasteiger charge is -2.12. The minimum atomic E-state index is -0.616. The van der Waals surface area contributed by atoms with E-state index in [4.69, 9.17) is 30.5 Å². The smallest absolute Gasteiger partial charge is 0.363 e. The molecule has 0 N–H and O–H groups in total. The van der Waals surface area contributed by atoms with Crippen LogP contribution in [-0.2, 0) is 9.53 Å². The summed E-state index contributed by atoms with van der Waals surface area (Å²) in [7, 11) is 1.50. The van der Waals surface area contributed by atoms with Crippen molar-refractivity contribution >= 4 is 35.5 Å². The van der Waals surface area contributed by atoms with Crippen molar-refractivity contribution < 1.29 is 28.5 Å². The number of nitrogens with zero attached hydrogens (tertiary/aromatic N) is 1. The van der Waals surface area contributed by atoms with Crippen LogP contribution < -0.4 is 14.2 Å². The minimum absolute atomic E-state index is 0.0918. The van der Waals surface area contributed by atoms with Gasteiger partial charge in [-0.1, -0.05) is 35.9 Å². The molecule has 4 rings (SSSR count).